The number of aromatic amines is 1. The lowest BCUT2D eigenvalue weighted by Crippen LogP contribution is -2.47. The average Bonchev–Trinajstić information content (AvgIpc) is 3.03. The molecule has 1 aliphatic rings. The number of hydrogen-bond acceptors (Lipinski definition) is 3. The Kier molecular flexibility index (Phi) is 5.11. The fraction of sp³-hybridized carbons (Fsp3) is 0.500. The fourth-order valence-electron chi connectivity index (χ4n) is 3.55. The monoisotopic (exact) mass is 342 g/mol. The summed E-state index contributed by atoms with van der Waals surface area (Å²) in [4.78, 5) is 27.7. The molecule has 0 unspecified atom stereocenters. The minimum atomic E-state index is -0.816. The van der Waals surface area contributed by atoms with Crippen LogP contribution in [0.2, 0.25) is 0 Å². The highest BCUT2D eigenvalue weighted by molar-refractivity contribution is 5.96. The van der Waals surface area contributed by atoms with E-state index in [4.69, 9.17) is 4.74 Å². The van der Waals surface area contributed by atoms with Gasteiger partial charge >= 0.3 is 5.97 Å². The van der Waals surface area contributed by atoms with Gasteiger partial charge in [-0.3, -0.25) is 4.79 Å². The zero-order chi connectivity index (χ0) is 18.0. The van der Waals surface area contributed by atoms with Crippen molar-refractivity contribution >= 4 is 22.8 Å². The second-order valence-corrected chi connectivity index (χ2v) is 7.20. The molecule has 2 aromatic rings. The molecule has 1 aromatic carbocycles. The first kappa shape index (κ1) is 17.5. The van der Waals surface area contributed by atoms with E-state index < -0.39 is 12.1 Å². The van der Waals surface area contributed by atoms with Crippen LogP contribution in [0, 0.1) is 11.8 Å². The van der Waals surface area contributed by atoms with Crippen LogP contribution in [0.5, 0.6) is 0 Å². The minimum absolute atomic E-state index is 0.158. The molecule has 1 aromatic heterocycles. The van der Waals surface area contributed by atoms with Crippen molar-refractivity contribution < 1.29 is 14.3 Å². The van der Waals surface area contributed by atoms with Gasteiger partial charge in [0.1, 0.15) is 5.69 Å². The Labute approximate surface area is 148 Å². The molecule has 1 amide bonds. The molecule has 4 atom stereocenters. The highest BCUT2D eigenvalue weighted by Gasteiger charge is 2.30. The maximum atomic E-state index is 12.4. The van der Waals surface area contributed by atoms with Crippen molar-refractivity contribution in [1.82, 2.24) is 10.3 Å². The van der Waals surface area contributed by atoms with Crippen molar-refractivity contribution in [2.24, 2.45) is 11.8 Å². The molecule has 134 valence electrons. The predicted molar refractivity (Wildman–Crippen MR) is 97.3 cm³/mol. The molecule has 3 rings (SSSR count). The Morgan fingerprint density at radius 2 is 2.00 bits per heavy atom. The van der Waals surface area contributed by atoms with Gasteiger partial charge in [-0.25, -0.2) is 4.79 Å². The second kappa shape index (κ2) is 7.30. The largest absolute Gasteiger partial charge is 0.448 e. The van der Waals surface area contributed by atoms with Gasteiger partial charge in [0.15, 0.2) is 6.10 Å². The summed E-state index contributed by atoms with van der Waals surface area (Å²) in [6.07, 6.45) is 2.50. The van der Waals surface area contributed by atoms with E-state index >= 15 is 0 Å². The van der Waals surface area contributed by atoms with Crippen LogP contribution >= 0.6 is 0 Å². The lowest BCUT2D eigenvalue weighted by Gasteiger charge is -2.35. The van der Waals surface area contributed by atoms with E-state index in [1.54, 1.807) is 13.0 Å². The number of aromatic nitrogens is 1. The first-order valence-electron chi connectivity index (χ1n) is 9.05. The second-order valence-electron chi connectivity index (χ2n) is 7.20. The van der Waals surface area contributed by atoms with Gasteiger partial charge in [0.05, 0.1) is 0 Å². The molecule has 0 spiro atoms. The van der Waals surface area contributed by atoms with Crippen LogP contribution in [-0.2, 0) is 9.53 Å². The van der Waals surface area contributed by atoms with Crippen LogP contribution in [0.3, 0.4) is 0 Å². The van der Waals surface area contributed by atoms with Crippen LogP contribution in [0.1, 0.15) is 50.5 Å². The molecule has 25 heavy (non-hydrogen) atoms. The number of nitrogens with one attached hydrogen (secondary N) is 2. The van der Waals surface area contributed by atoms with Gasteiger partial charge < -0.3 is 15.0 Å². The average molecular weight is 342 g/mol. The van der Waals surface area contributed by atoms with Gasteiger partial charge in [0.25, 0.3) is 5.91 Å². The Balaban J connectivity index is 1.59. The molecule has 1 heterocycles. The maximum absolute atomic E-state index is 12.4. The van der Waals surface area contributed by atoms with Crippen molar-refractivity contribution in [3.63, 3.8) is 0 Å². The summed E-state index contributed by atoms with van der Waals surface area (Å²) < 4.78 is 5.35. The smallest absolute Gasteiger partial charge is 0.355 e. The molecule has 0 bridgehead atoms. The van der Waals surface area contributed by atoms with Gasteiger partial charge in [-0.1, -0.05) is 44.9 Å². The first-order chi connectivity index (χ1) is 12.0. The fourth-order valence-corrected chi connectivity index (χ4v) is 3.55. The molecule has 0 saturated heterocycles. The molecular weight excluding hydrogens is 316 g/mol. The maximum Gasteiger partial charge on any atom is 0.355 e. The predicted octanol–water partition coefficient (Wildman–Crippen LogP) is 3.65. The van der Waals surface area contributed by atoms with E-state index in [1.807, 2.05) is 24.3 Å². The zero-order valence-corrected chi connectivity index (χ0v) is 15.0. The molecular formula is C20H26N2O3. The lowest BCUT2D eigenvalue weighted by molar-refractivity contribution is -0.130. The van der Waals surface area contributed by atoms with Gasteiger partial charge in [-0.2, -0.15) is 0 Å². The van der Waals surface area contributed by atoms with E-state index in [9.17, 15) is 9.59 Å². The number of rotatable bonds is 4. The van der Waals surface area contributed by atoms with Crippen molar-refractivity contribution in [2.75, 3.05) is 0 Å². The summed E-state index contributed by atoms with van der Waals surface area (Å²) in [5, 5.41) is 4.00. The van der Waals surface area contributed by atoms with Crippen molar-refractivity contribution in [3.05, 3.63) is 36.0 Å². The van der Waals surface area contributed by atoms with Gasteiger partial charge in [-0.05, 0) is 37.3 Å². The van der Waals surface area contributed by atoms with Crippen LogP contribution in [-0.4, -0.2) is 29.0 Å². The quantitative estimate of drug-likeness (QED) is 0.833. The molecule has 5 nitrogen and oxygen atoms in total. The van der Waals surface area contributed by atoms with Gasteiger partial charge in [0.2, 0.25) is 0 Å². The number of hydrogen-bond donors (Lipinski definition) is 2. The highest BCUT2D eigenvalue weighted by atomic mass is 16.5. The standard InChI is InChI=1S/C20H26N2O3/c1-12-7-6-10-16(13(12)2)22-19(23)14(3)25-20(24)18-11-15-8-4-5-9-17(15)21-18/h4-5,8-9,11-14,16,21H,6-7,10H2,1-3H3,(H,22,23)/t12-,13-,14-,16+/m1/s1. The van der Waals surface area contributed by atoms with E-state index in [2.05, 4.69) is 24.1 Å². The molecule has 5 heteroatoms. The van der Waals surface area contributed by atoms with Crippen molar-refractivity contribution in [2.45, 2.75) is 52.2 Å². The zero-order valence-electron chi connectivity index (χ0n) is 15.0. The van der Waals surface area contributed by atoms with Crippen LogP contribution < -0.4 is 5.32 Å². The summed E-state index contributed by atoms with van der Waals surface area (Å²) in [7, 11) is 0. The van der Waals surface area contributed by atoms with Gasteiger partial charge in [0, 0.05) is 16.9 Å². The third kappa shape index (κ3) is 3.86. The Morgan fingerprint density at radius 3 is 2.76 bits per heavy atom. The summed E-state index contributed by atoms with van der Waals surface area (Å²) in [6.45, 7) is 6.02. The summed E-state index contributed by atoms with van der Waals surface area (Å²) in [5.41, 5.74) is 1.23. The normalized spacial score (nSPS) is 24.7. The van der Waals surface area contributed by atoms with Crippen molar-refractivity contribution in [1.29, 1.82) is 0 Å². The molecule has 0 aliphatic heterocycles. The molecule has 2 N–H and O–H groups in total. The molecule has 1 aliphatic carbocycles. The van der Waals surface area contributed by atoms with E-state index in [1.165, 1.54) is 6.42 Å². The van der Waals surface area contributed by atoms with Crippen molar-refractivity contribution in [3.8, 4) is 0 Å². The van der Waals surface area contributed by atoms with Crippen LogP contribution in [0.25, 0.3) is 10.9 Å². The topological polar surface area (TPSA) is 71.2 Å². The summed E-state index contributed by atoms with van der Waals surface area (Å²) in [5.74, 6) is 0.303. The number of ether oxygens (including phenoxy) is 1. The molecule has 1 fully saturated rings. The lowest BCUT2D eigenvalue weighted by atomic mass is 9.78. The SMILES string of the molecule is C[C@@H]1[C@H](C)CCC[C@@H]1NC(=O)[C@@H](C)OC(=O)c1cc2ccccc2[nH]1. The van der Waals surface area contributed by atoms with E-state index in [0.717, 1.165) is 23.7 Å². The number of fused-ring (bicyclic) bond motifs is 1. The number of amides is 1. The summed E-state index contributed by atoms with van der Waals surface area (Å²) in [6, 6.07) is 9.53. The van der Waals surface area contributed by atoms with Gasteiger partial charge in [-0.15, -0.1) is 0 Å². The third-order valence-corrected chi connectivity index (χ3v) is 5.44. The first-order valence-corrected chi connectivity index (χ1v) is 9.05. The summed E-state index contributed by atoms with van der Waals surface area (Å²) >= 11 is 0. The van der Waals surface area contributed by atoms with Crippen LogP contribution in [0.4, 0.5) is 0 Å². The number of esters is 1. The van der Waals surface area contributed by atoms with E-state index in [-0.39, 0.29) is 11.9 Å². The number of benzene rings is 1. The number of H-pyrrole nitrogens is 1. The highest BCUT2D eigenvalue weighted by Crippen LogP contribution is 2.29. The Hall–Kier alpha value is -2.30. The van der Waals surface area contributed by atoms with E-state index in [0.29, 0.717) is 17.5 Å². The minimum Gasteiger partial charge on any atom is -0.448 e. The van der Waals surface area contributed by atoms with Crippen LogP contribution in [0.15, 0.2) is 30.3 Å². The Morgan fingerprint density at radius 1 is 1.24 bits per heavy atom. The third-order valence-electron chi connectivity index (χ3n) is 5.44. The molecule has 1 saturated carbocycles. The Bertz CT molecular complexity index is 734. The number of carbonyl (C=O) groups is 2. The molecule has 0 radical (unpaired) electrons. The number of carbonyl (C=O) groups excluding carboxylic acids is 2. The number of para-hydroxylation sites is 1.